The third kappa shape index (κ3) is 4.07. The van der Waals surface area contributed by atoms with Crippen LogP contribution < -0.4 is 10.9 Å². The molecule has 0 aliphatic rings. The second kappa shape index (κ2) is 4.75. The molecular weight excluding hydrogens is 216 g/mol. The van der Waals surface area contributed by atoms with Crippen molar-refractivity contribution >= 4 is 11.8 Å². The summed E-state index contributed by atoms with van der Waals surface area (Å²) in [4.78, 5) is 11.8. The minimum Gasteiger partial charge on any atom is -0.442 e. The predicted octanol–water partition coefficient (Wildman–Crippen LogP) is 2.92. The maximum atomic E-state index is 11.8. The number of carbonyl (C=O) groups excluding carboxylic acids is 1. The highest BCUT2D eigenvalue weighted by Gasteiger charge is 2.21. The van der Waals surface area contributed by atoms with E-state index in [4.69, 9.17) is 10.6 Å². The zero-order valence-electron chi connectivity index (χ0n) is 11.1. The third-order valence-corrected chi connectivity index (χ3v) is 2.07. The van der Waals surface area contributed by atoms with Crippen LogP contribution in [0.2, 0.25) is 0 Å². The zero-order chi connectivity index (χ0) is 13.2. The fraction of sp³-hybridized carbons (Fsp3) is 0.462. The summed E-state index contributed by atoms with van der Waals surface area (Å²) >= 11 is 0. The number of hydrogen-bond donors (Lipinski definition) is 1. The number of hydrogen-bond acceptors (Lipinski definition) is 3. The van der Waals surface area contributed by atoms with Gasteiger partial charge in [-0.3, -0.25) is 0 Å². The van der Waals surface area contributed by atoms with Crippen LogP contribution in [-0.4, -0.2) is 11.7 Å². The summed E-state index contributed by atoms with van der Waals surface area (Å²) in [6, 6.07) is 5.71. The molecular formula is C13H20N2O2. The number of ether oxygens (including phenoxy) is 1. The molecule has 1 rings (SSSR count). The molecule has 0 atom stereocenters. The van der Waals surface area contributed by atoms with Crippen LogP contribution in [0.1, 0.15) is 31.9 Å². The van der Waals surface area contributed by atoms with Crippen LogP contribution in [0.25, 0.3) is 0 Å². The SMILES string of the molecule is Cc1cc(C)cc(N(N)C(=O)OC(C)(C)C)c1. The number of aryl methyl sites for hydroxylation is 2. The van der Waals surface area contributed by atoms with Crippen molar-refractivity contribution in [2.75, 3.05) is 5.01 Å². The standard InChI is InChI=1S/C13H20N2O2/c1-9-6-10(2)8-11(7-9)15(14)12(16)17-13(3,4)5/h6-8H,14H2,1-5H3. The van der Waals surface area contributed by atoms with E-state index in [0.717, 1.165) is 16.1 Å². The molecule has 0 spiro atoms. The minimum atomic E-state index is -0.553. The molecule has 94 valence electrons. The molecule has 1 amide bonds. The first kappa shape index (κ1) is 13.5. The third-order valence-electron chi connectivity index (χ3n) is 2.07. The number of carbonyl (C=O) groups is 1. The average molecular weight is 236 g/mol. The highest BCUT2D eigenvalue weighted by Crippen LogP contribution is 2.18. The summed E-state index contributed by atoms with van der Waals surface area (Å²) in [7, 11) is 0. The molecule has 1 aromatic rings. The maximum Gasteiger partial charge on any atom is 0.429 e. The molecule has 0 aliphatic carbocycles. The van der Waals surface area contributed by atoms with Crippen LogP contribution in [0.4, 0.5) is 10.5 Å². The zero-order valence-corrected chi connectivity index (χ0v) is 11.1. The molecule has 4 nitrogen and oxygen atoms in total. The Kier molecular flexibility index (Phi) is 3.78. The fourth-order valence-corrected chi connectivity index (χ4v) is 1.51. The van der Waals surface area contributed by atoms with Crippen molar-refractivity contribution in [2.45, 2.75) is 40.2 Å². The monoisotopic (exact) mass is 236 g/mol. The lowest BCUT2D eigenvalue weighted by Crippen LogP contribution is -2.41. The topological polar surface area (TPSA) is 55.6 Å². The Morgan fingerprint density at radius 1 is 1.18 bits per heavy atom. The molecule has 0 saturated carbocycles. The number of anilines is 1. The number of rotatable bonds is 1. The number of hydrazine groups is 1. The Labute approximate surface area is 102 Å². The van der Waals surface area contributed by atoms with Gasteiger partial charge >= 0.3 is 6.09 Å². The van der Waals surface area contributed by atoms with Crippen LogP contribution in [0.15, 0.2) is 18.2 Å². The van der Waals surface area contributed by atoms with Gasteiger partial charge in [-0.2, -0.15) is 0 Å². The Hall–Kier alpha value is -1.55. The van der Waals surface area contributed by atoms with Gasteiger partial charge in [0.2, 0.25) is 0 Å². The van der Waals surface area contributed by atoms with Crippen molar-refractivity contribution in [2.24, 2.45) is 5.84 Å². The van der Waals surface area contributed by atoms with Crippen LogP contribution in [0.5, 0.6) is 0 Å². The van der Waals surface area contributed by atoms with Gasteiger partial charge in [-0.1, -0.05) is 6.07 Å². The molecule has 2 N–H and O–H groups in total. The van der Waals surface area contributed by atoms with Crippen LogP contribution in [-0.2, 0) is 4.74 Å². The van der Waals surface area contributed by atoms with Crippen LogP contribution in [0, 0.1) is 13.8 Å². The first-order chi connectivity index (χ1) is 7.69. The van der Waals surface area contributed by atoms with Gasteiger partial charge in [0.25, 0.3) is 0 Å². The van der Waals surface area contributed by atoms with E-state index in [0.29, 0.717) is 5.69 Å². The Balaban J connectivity index is 2.89. The molecule has 0 saturated heterocycles. The van der Waals surface area contributed by atoms with Crippen molar-refractivity contribution in [1.82, 2.24) is 0 Å². The molecule has 4 heteroatoms. The first-order valence-corrected chi connectivity index (χ1v) is 5.55. The summed E-state index contributed by atoms with van der Waals surface area (Å²) in [5, 5.41) is 1.03. The molecule has 0 aliphatic heterocycles. The number of nitrogens with two attached hydrogens (primary N) is 1. The van der Waals surface area contributed by atoms with E-state index in [2.05, 4.69) is 0 Å². The van der Waals surface area contributed by atoms with Gasteiger partial charge in [0, 0.05) is 0 Å². The van der Waals surface area contributed by atoms with Gasteiger partial charge in [-0.15, -0.1) is 0 Å². The van der Waals surface area contributed by atoms with E-state index in [1.54, 1.807) is 20.8 Å². The van der Waals surface area contributed by atoms with Crippen molar-refractivity contribution < 1.29 is 9.53 Å². The predicted molar refractivity (Wildman–Crippen MR) is 68.8 cm³/mol. The van der Waals surface area contributed by atoms with Gasteiger partial charge in [-0.25, -0.2) is 15.6 Å². The summed E-state index contributed by atoms with van der Waals surface area (Å²) in [6.07, 6.45) is -0.553. The second-order valence-electron chi connectivity index (χ2n) is 5.20. The first-order valence-electron chi connectivity index (χ1n) is 5.55. The molecule has 17 heavy (non-hydrogen) atoms. The molecule has 0 aromatic heterocycles. The minimum absolute atomic E-state index is 0.548. The van der Waals surface area contributed by atoms with Crippen LogP contribution in [0.3, 0.4) is 0 Å². The normalized spacial score (nSPS) is 11.2. The smallest absolute Gasteiger partial charge is 0.429 e. The average Bonchev–Trinajstić information content (AvgIpc) is 2.12. The van der Waals surface area contributed by atoms with E-state index < -0.39 is 11.7 Å². The molecule has 0 radical (unpaired) electrons. The Morgan fingerprint density at radius 2 is 1.65 bits per heavy atom. The van der Waals surface area contributed by atoms with E-state index >= 15 is 0 Å². The molecule has 0 bridgehead atoms. The van der Waals surface area contributed by atoms with Crippen molar-refractivity contribution in [1.29, 1.82) is 0 Å². The van der Waals surface area contributed by atoms with Crippen LogP contribution >= 0.6 is 0 Å². The van der Waals surface area contributed by atoms with Gasteiger partial charge in [0.05, 0.1) is 5.69 Å². The van der Waals surface area contributed by atoms with Gasteiger partial charge in [0.1, 0.15) is 5.60 Å². The molecule has 1 aromatic carbocycles. The van der Waals surface area contributed by atoms with Gasteiger partial charge in [0.15, 0.2) is 0 Å². The summed E-state index contributed by atoms with van der Waals surface area (Å²) in [5.41, 5.74) is 2.20. The molecule has 0 unspecified atom stereocenters. The van der Waals surface area contributed by atoms with E-state index in [1.165, 1.54) is 0 Å². The summed E-state index contributed by atoms with van der Waals surface area (Å²) in [6.45, 7) is 9.33. The van der Waals surface area contributed by atoms with Crippen molar-refractivity contribution in [3.05, 3.63) is 29.3 Å². The van der Waals surface area contributed by atoms with Crippen molar-refractivity contribution in [3.8, 4) is 0 Å². The largest absolute Gasteiger partial charge is 0.442 e. The molecule has 0 fully saturated rings. The lowest BCUT2D eigenvalue weighted by Gasteiger charge is -2.24. The van der Waals surface area contributed by atoms with E-state index in [9.17, 15) is 4.79 Å². The fourth-order valence-electron chi connectivity index (χ4n) is 1.51. The number of benzene rings is 1. The second-order valence-corrected chi connectivity index (χ2v) is 5.20. The number of amides is 1. The summed E-state index contributed by atoms with van der Waals surface area (Å²) < 4.78 is 5.20. The highest BCUT2D eigenvalue weighted by atomic mass is 16.6. The molecule has 0 heterocycles. The van der Waals surface area contributed by atoms with Crippen molar-refractivity contribution in [3.63, 3.8) is 0 Å². The quantitative estimate of drug-likeness (QED) is 0.463. The summed E-state index contributed by atoms with van der Waals surface area (Å²) in [5.74, 6) is 5.74. The van der Waals surface area contributed by atoms with E-state index in [-0.39, 0.29) is 0 Å². The van der Waals surface area contributed by atoms with E-state index in [1.807, 2.05) is 32.0 Å². The van der Waals surface area contributed by atoms with Gasteiger partial charge in [-0.05, 0) is 57.9 Å². The Morgan fingerprint density at radius 3 is 2.06 bits per heavy atom. The lowest BCUT2D eigenvalue weighted by molar-refractivity contribution is 0.0580. The maximum absolute atomic E-state index is 11.8. The Bertz CT molecular complexity index is 402. The number of nitrogens with zero attached hydrogens (tertiary/aromatic N) is 1. The highest BCUT2D eigenvalue weighted by molar-refractivity contribution is 5.86. The lowest BCUT2D eigenvalue weighted by atomic mass is 10.1. The van der Waals surface area contributed by atoms with Gasteiger partial charge < -0.3 is 4.74 Å².